The summed E-state index contributed by atoms with van der Waals surface area (Å²) in [6.07, 6.45) is 3.86. The standard InChI is InChI=1S/C9H11BrN4OS2/c1-16-9-12-6(10)4-14(9)7-5-17-8(13-7)11-2-3-15/h4-5,15H,2-3H2,1H3,(H,11,13). The first-order valence-electron chi connectivity index (χ1n) is 4.84. The van der Waals surface area contributed by atoms with E-state index in [1.54, 1.807) is 11.8 Å². The monoisotopic (exact) mass is 334 g/mol. The fourth-order valence-electron chi connectivity index (χ4n) is 1.26. The highest BCUT2D eigenvalue weighted by molar-refractivity contribution is 9.10. The molecule has 17 heavy (non-hydrogen) atoms. The van der Waals surface area contributed by atoms with E-state index in [1.807, 2.05) is 22.4 Å². The molecule has 0 aliphatic rings. The number of halogens is 1. The van der Waals surface area contributed by atoms with Gasteiger partial charge in [-0.25, -0.2) is 9.97 Å². The molecule has 0 aliphatic heterocycles. The second kappa shape index (κ2) is 5.85. The van der Waals surface area contributed by atoms with Crippen LogP contribution in [0.4, 0.5) is 5.13 Å². The molecular formula is C9H11BrN4OS2. The minimum absolute atomic E-state index is 0.0988. The average Bonchev–Trinajstić information content (AvgIpc) is 2.92. The van der Waals surface area contributed by atoms with E-state index < -0.39 is 0 Å². The van der Waals surface area contributed by atoms with Gasteiger partial charge in [0.2, 0.25) is 0 Å². The third-order valence-electron chi connectivity index (χ3n) is 1.95. The van der Waals surface area contributed by atoms with Crippen molar-refractivity contribution in [3.8, 4) is 5.82 Å². The van der Waals surface area contributed by atoms with E-state index in [-0.39, 0.29) is 6.61 Å². The molecule has 2 N–H and O–H groups in total. The highest BCUT2D eigenvalue weighted by Gasteiger charge is 2.10. The molecule has 2 rings (SSSR count). The SMILES string of the molecule is CSc1nc(Br)cn1-c1csc(NCCO)n1. The zero-order valence-electron chi connectivity index (χ0n) is 9.05. The van der Waals surface area contributed by atoms with Gasteiger partial charge in [0.05, 0.1) is 6.61 Å². The minimum Gasteiger partial charge on any atom is -0.395 e. The molecule has 0 saturated heterocycles. The highest BCUT2D eigenvalue weighted by Crippen LogP contribution is 2.25. The number of aromatic nitrogens is 3. The van der Waals surface area contributed by atoms with E-state index in [1.165, 1.54) is 11.3 Å². The van der Waals surface area contributed by atoms with Crippen LogP contribution in [0.1, 0.15) is 0 Å². The smallest absolute Gasteiger partial charge is 0.184 e. The molecule has 0 aliphatic carbocycles. The highest BCUT2D eigenvalue weighted by atomic mass is 79.9. The lowest BCUT2D eigenvalue weighted by Gasteiger charge is -2.00. The molecule has 0 fully saturated rings. The van der Waals surface area contributed by atoms with E-state index in [4.69, 9.17) is 5.11 Å². The molecule has 8 heteroatoms. The second-order valence-corrected chi connectivity index (χ2v) is 5.53. The first-order chi connectivity index (χ1) is 8.24. The molecule has 2 aromatic heterocycles. The lowest BCUT2D eigenvalue weighted by Crippen LogP contribution is -2.05. The van der Waals surface area contributed by atoms with Crippen LogP contribution in [0, 0.1) is 0 Å². The maximum Gasteiger partial charge on any atom is 0.184 e. The Morgan fingerprint density at radius 3 is 3.12 bits per heavy atom. The fourth-order valence-corrected chi connectivity index (χ4v) is 3.00. The average molecular weight is 335 g/mol. The summed E-state index contributed by atoms with van der Waals surface area (Å²) in [6, 6.07) is 0. The second-order valence-electron chi connectivity index (χ2n) is 3.08. The Labute approximate surface area is 115 Å². The molecule has 92 valence electrons. The van der Waals surface area contributed by atoms with Crippen molar-refractivity contribution in [2.45, 2.75) is 5.16 Å². The van der Waals surface area contributed by atoms with Crippen molar-refractivity contribution in [2.75, 3.05) is 24.7 Å². The predicted octanol–water partition coefficient (Wildman–Crippen LogP) is 2.22. The van der Waals surface area contributed by atoms with Crippen LogP contribution in [0.25, 0.3) is 5.82 Å². The predicted molar refractivity (Wildman–Crippen MR) is 74.3 cm³/mol. The van der Waals surface area contributed by atoms with Gasteiger partial charge >= 0.3 is 0 Å². The maximum atomic E-state index is 8.73. The summed E-state index contributed by atoms with van der Waals surface area (Å²) in [4.78, 5) is 8.75. The molecule has 0 unspecified atom stereocenters. The van der Waals surface area contributed by atoms with Crippen LogP contribution >= 0.6 is 39.0 Å². The van der Waals surface area contributed by atoms with E-state index in [9.17, 15) is 0 Å². The Kier molecular flexibility index (Phi) is 4.43. The number of aliphatic hydroxyl groups excluding tert-OH is 1. The number of thiazole rings is 1. The van der Waals surface area contributed by atoms with Crippen LogP contribution in [0.15, 0.2) is 21.3 Å². The summed E-state index contributed by atoms with van der Waals surface area (Å²) in [5.74, 6) is 0.831. The van der Waals surface area contributed by atoms with Crippen LogP contribution < -0.4 is 5.32 Å². The molecule has 2 aromatic rings. The molecule has 0 amide bonds. The van der Waals surface area contributed by atoms with Gasteiger partial charge in [-0.05, 0) is 22.2 Å². The molecule has 0 atom stereocenters. The van der Waals surface area contributed by atoms with Crippen molar-refractivity contribution in [2.24, 2.45) is 0 Å². The Balaban J connectivity index is 2.23. The maximum absolute atomic E-state index is 8.73. The van der Waals surface area contributed by atoms with Crippen molar-refractivity contribution < 1.29 is 5.11 Å². The Morgan fingerprint density at radius 1 is 1.59 bits per heavy atom. The van der Waals surface area contributed by atoms with Crippen LogP contribution in [-0.2, 0) is 0 Å². The number of anilines is 1. The van der Waals surface area contributed by atoms with Gasteiger partial charge < -0.3 is 10.4 Å². The molecule has 0 spiro atoms. The quantitative estimate of drug-likeness (QED) is 0.821. The third-order valence-corrected chi connectivity index (χ3v) is 3.78. The van der Waals surface area contributed by atoms with E-state index in [0.29, 0.717) is 6.54 Å². The van der Waals surface area contributed by atoms with Gasteiger partial charge in [0, 0.05) is 18.1 Å². The summed E-state index contributed by atoms with van der Waals surface area (Å²) in [5.41, 5.74) is 0. The van der Waals surface area contributed by atoms with Gasteiger partial charge in [-0.3, -0.25) is 4.57 Å². The van der Waals surface area contributed by atoms with Gasteiger partial charge in [-0.1, -0.05) is 11.8 Å². The molecule has 2 heterocycles. The summed E-state index contributed by atoms with van der Waals surface area (Å²) in [7, 11) is 0. The normalized spacial score (nSPS) is 10.8. The summed E-state index contributed by atoms with van der Waals surface area (Å²) in [6.45, 7) is 0.609. The number of nitrogens with zero attached hydrogens (tertiary/aromatic N) is 3. The van der Waals surface area contributed by atoms with Crippen molar-refractivity contribution in [3.05, 3.63) is 16.2 Å². The summed E-state index contributed by atoms with van der Waals surface area (Å²) in [5, 5.41) is 15.4. The number of imidazole rings is 1. The number of hydrogen-bond donors (Lipinski definition) is 2. The number of hydrogen-bond acceptors (Lipinski definition) is 6. The van der Waals surface area contributed by atoms with Crippen molar-refractivity contribution >= 4 is 44.2 Å². The van der Waals surface area contributed by atoms with Gasteiger partial charge in [-0.15, -0.1) is 11.3 Å². The molecule has 0 aromatic carbocycles. The van der Waals surface area contributed by atoms with E-state index in [2.05, 4.69) is 31.2 Å². The lowest BCUT2D eigenvalue weighted by atomic mass is 10.7. The minimum atomic E-state index is 0.0988. The molecule has 5 nitrogen and oxygen atoms in total. The molecule has 0 saturated carbocycles. The van der Waals surface area contributed by atoms with Crippen molar-refractivity contribution in [1.29, 1.82) is 0 Å². The Bertz CT molecular complexity index is 499. The molecule has 0 bridgehead atoms. The molecule has 0 radical (unpaired) electrons. The van der Waals surface area contributed by atoms with Gasteiger partial charge in [0.1, 0.15) is 4.60 Å². The van der Waals surface area contributed by atoms with Crippen LogP contribution in [-0.4, -0.2) is 39.0 Å². The topological polar surface area (TPSA) is 63.0 Å². The largest absolute Gasteiger partial charge is 0.395 e. The zero-order chi connectivity index (χ0) is 12.3. The number of thioether (sulfide) groups is 1. The van der Waals surface area contributed by atoms with Gasteiger partial charge in [0.15, 0.2) is 16.1 Å². The van der Waals surface area contributed by atoms with Gasteiger partial charge in [-0.2, -0.15) is 0 Å². The van der Waals surface area contributed by atoms with Gasteiger partial charge in [0.25, 0.3) is 0 Å². The van der Waals surface area contributed by atoms with Crippen molar-refractivity contribution in [3.63, 3.8) is 0 Å². The van der Waals surface area contributed by atoms with Crippen molar-refractivity contribution in [1.82, 2.24) is 14.5 Å². The molecular weight excluding hydrogens is 324 g/mol. The summed E-state index contributed by atoms with van der Waals surface area (Å²) >= 11 is 6.42. The first-order valence-corrected chi connectivity index (χ1v) is 7.74. The van der Waals surface area contributed by atoms with E-state index in [0.717, 1.165) is 20.7 Å². The zero-order valence-corrected chi connectivity index (χ0v) is 12.3. The van der Waals surface area contributed by atoms with Crippen LogP contribution in [0.2, 0.25) is 0 Å². The Hall–Kier alpha value is -0.570. The number of nitrogens with one attached hydrogen (secondary N) is 1. The third kappa shape index (κ3) is 3.01. The lowest BCUT2D eigenvalue weighted by molar-refractivity contribution is 0.311. The number of rotatable bonds is 5. The van der Waals surface area contributed by atoms with Crippen LogP contribution in [0.5, 0.6) is 0 Å². The Morgan fingerprint density at radius 2 is 2.41 bits per heavy atom. The summed E-state index contributed by atoms with van der Waals surface area (Å²) < 4.78 is 2.72. The number of aliphatic hydroxyl groups is 1. The van der Waals surface area contributed by atoms with E-state index >= 15 is 0 Å². The first kappa shape index (κ1) is 12.9. The fraction of sp³-hybridized carbons (Fsp3) is 0.333. The van der Waals surface area contributed by atoms with Crippen LogP contribution in [0.3, 0.4) is 0 Å².